The molecule has 0 aliphatic carbocycles. The zero-order chi connectivity index (χ0) is 31.7. The lowest BCUT2D eigenvalue weighted by Crippen LogP contribution is -2.49. The Morgan fingerprint density at radius 3 is 2.13 bits per heavy atom. The maximum atomic E-state index is 14.5. The van der Waals surface area contributed by atoms with Gasteiger partial charge in [0, 0.05) is 35.6 Å². The van der Waals surface area contributed by atoms with Crippen molar-refractivity contribution in [1.82, 2.24) is 0 Å². The quantitative estimate of drug-likeness (QED) is 0.143. The van der Waals surface area contributed by atoms with Crippen molar-refractivity contribution in [1.29, 1.82) is 0 Å². The molecule has 1 N–H and O–H groups in total. The van der Waals surface area contributed by atoms with E-state index in [4.69, 9.17) is 0 Å². The van der Waals surface area contributed by atoms with Gasteiger partial charge in [0.25, 0.3) is 21.6 Å². The number of nitro benzene ring substituents is 1. The third kappa shape index (κ3) is 6.00. The maximum absolute atomic E-state index is 14.5. The second-order valence-corrected chi connectivity index (χ2v) is 12.7. The number of fused-ring (bicyclic) bond motifs is 1. The Labute approximate surface area is 261 Å². The molecule has 0 saturated carbocycles. The van der Waals surface area contributed by atoms with E-state index in [0.717, 1.165) is 16.7 Å². The van der Waals surface area contributed by atoms with Crippen LogP contribution in [-0.4, -0.2) is 19.2 Å². The predicted octanol–water partition coefficient (Wildman–Crippen LogP) is 7.38. The number of rotatable bonds is 8. The number of nitrogens with zero attached hydrogens (tertiary/aromatic N) is 3. The maximum Gasteiger partial charge on any atom is 0.269 e. The molecule has 0 unspecified atom stereocenters. The standard InChI is InChI=1S/C35H30N4O5S/c1-24-11-15-28(16-12-24)36-45(43,44)31-19-20-33-32(22-31)35(40)38(29-17-13-25(2)14-18-29)34(27-9-6-10-30(21-27)39(41)42)37(33)23-26-7-4-3-5-8-26/h3-22,34,36H,23H2,1-2H3/t34-/m0/s1. The summed E-state index contributed by atoms with van der Waals surface area (Å²) in [5.74, 6) is -0.429. The smallest absolute Gasteiger partial charge is 0.269 e. The summed E-state index contributed by atoms with van der Waals surface area (Å²) in [4.78, 5) is 29.4. The van der Waals surface area contributed by atoms with Crippen LogP contribution in [0.4, 0.5) is 22.7 Å². The third-order valence-electron chi connectivity index (χ3n) is 7.77. The van der Waals surface area contributed by atoms with Gasteiger partial charge in [-0.1, -0.05) is 77.9 Å². The zero-order valence-electron chi connectivity index (χ0n) is 24.6. The number of benzene rings is 5. The summed E-state index contributed by atoms with van der Waals surface area (Å²) in [6, 6.07) is 34.8. The second kappa shape index (κ2) is 11.9. The minimum Gasteiger partial charge on any atom is -0.342 e. The molecule has 0 aromatic heterocycles. The molecular weight excluding hydrogens is 588 g/mol. The molecule has 1 aliphatic heterocycles. The average molecular weight is 619 g/mol. The molecule has 1 heterocycles. The SMILES string of the molecule is Cc1ccc(NS(=O)(=O)c2ccc3c(c2)C(=O)N(c2ccc(C)cc2)[C@@H](c2cccc([N+](=O)[O-])c2)N3Cc2ccccc2)cc1. The highest BCUT2D eigenvalue weighted by molar-refractivity contribution is 7.92. The van der Waals surface area contributed by atoms with Gasteiger partial charge in [-0.05, 0) is 61.9 Å². The van der Waals surface area contributed by atoms with E-state index in [9.17, 15) is 23.3 Å². The van der Waals surface area contributed by atoms with Gasteiger partial charge < -0.3 is 4.90 Å². The molecule has 226 valence electrons. The third-order valence-corrected chi connectivity index (χ3v) is 9.15. The van der Waals surface area contributed by atoms with Crippen LogP contribution in [0.2, 0.25) is 0 Å². The fourth-order valence-corrected chi connectivity index (χ4v) is 6.58. The first-order valence-corrected chi connectivity index (χ1v) is 15.8. The van der Waals surface area contributed by atoms with E-state index < -0.39 is 27.0 Å². The Kier molecular flexibility index (Phi) is 7.82. The number of non-ortho nitro benzene ring substituents is 1. The number of anilines is 3. The van der Waals surface area contributed by atoms with Crippen LogP contribution in [-0.2, 0) is 16.6 Å². The van der Waals surface area contributed by atoms with Gasteiger partial charge in [0.15, 0.2) is 0 Å². The Morgan fingerprint density at radius 1 is 0.800 bits per heavy atom. The van der Waals surface area contributed by atoms with Crippen LogP contribution < -0.4 is 14.5 Å². The molecule has 1 amide bonds. The van der Waals surface area contributed by atoms with Gasteiger partial charge in [-0.2, -0.15) is 0 Å². The van der Waals surface area contributed by atoms with Crippen molar-refractivity contribution in [2.24, 2.45) is 0 Å². The van der Waals surface area contributed by atoms with E-state index in [1.807, 2.05) is 85.5 Å². The Morgan fingerprint density at radius 2 is 1.47 bits per heavy atom. The van der Waals surface area contributed by atoms with Gasteiger partial charge in [-0.3, -0.25) is 24.5 Å². The van der Waals surface area contributed by atoms with E-state index in [1.54, 1.807) is 35.2 Å². The molecule has 9 nitrogen and oxygen atoms in total. The number of sulfonamides is 1. The molecule has 0 bridgehead atoms. The van der Waals surface area contributed by atoms with Crippen molar-refractivity contribution in [3.05, 3.63) is 159 Å². The van der Waals surface area contributed by atoms with Gasteiger partial charge in [0.2, 0.25) is 0 Å². The molecule has 1 atom stereocenters. The lowest BCUT2D eigenvalue weighted by molar-refractivity contribution is -0.384. The highest BCUT2D eigenvalue weighted by Gasteiger charge is 2.40. The van der Waals surface area contributed by atoms with E-state index >= 15 is 0 Å². The zero-order valence-corrected chi connectivity index (χ0v) is 25.4. The molecule has 0 saturated heterocycles. The summed E-state index contributed by atoms with van der Waals surface area (Å²) in [6.07, 6.45) is -0.777. The topological polar surface area (TPSA) is 113 Å². The number of hydrogen-bond acceptors (Lipinski definition) is 6. The normalized spacial score (nSPS) is 14.6. The molecule has 1 aliphatic rings. The lowest BCUT2D eigenvalue weighted by Gasteiger charge is -2.46. The van der Waals surface area contributed by atoms with Gasteiger partial charge in [-0.25, -0.2) is 8.42 Å². The first-order chi connectivity index (χ1) is 21.6. The molecule has 5 aromatic carbocycles. The molecular formula is C35H30N4O5S. The minimum atomic E-state index is -4.04. The van der Waals surface area contributed by atoms with Gasteiger partial charge in [-0.15, -0.1) is 0 Å². The number of nitro groups is 1. The summed E-state index contributed by atoms with van der Waals surface area (Å²) >= 11 is 0. The molecule has 45 heavy (non-hydrogen) atoms. The van der Waals surface area contributed by atoms with Crippen LogP contribution in [0, 0.1) is 24.0 Å². The number of aryl methyl sites for hydroxylation is 2. The monoisotopic (exact) mass is 618 g/mol. The van der Waals surface area contributed by atoms with Crippen molar-refractivity contribution >= 4 is 38.7 Å². The highest BCUT2D eigenvalue weighted by Crippen LogP contribution is 2.43. The van der Waals surface area contributed by atoms with Crippen LogP contribution in [0.15, 0.2) is 126 Å². The van der Waals surface area contributed by atoms with Gasteiger partial charge >= 0.3 is 0 Å². The number of hydrogen-bond donors (Lipinski definition) is 1. The van der Waals surface area contributed by atoms with E-state index in [2.05, 4.69) is 4.72 Å². The number of carbonyl (C=O) groups is 1. The van der Waals surface area contributed by atoms with Gasteiger partial charge in [0.05, 0.1) is 21.1 Å². The molecule has 10 heteroatoms. The van der Waals surface area contributed by atoms with Crippen molar-refractivity contribution in [3.63, 3.8) is 0 Å². The lowest BCUT2D eigenvalue weighted by atomic mass is 9.98. The highest BCUT2D eigenvalue weighted by atomic mass is 32.2. The van der Waals surface area contributed by atoms with E-state index in [0.29, 0.717) is 29.2 Å². The van der Waals surface area contributed by atoms with Crippen LogP contribution in [0.3, 0.4) is 0 Å². The summed E-state index contributed by atoms with van der Waals surface area (Å²) in [6.45, 7) is 4.19. The van der Waals surface area contributed by atoms with Crippen LogP contribution in [0.1, 0.15) is 38.8 Å². The van der Waals surface area contributed by atoms with E-state index in [1.165, 1.54) is 24.3 Å². The fraction of sp³-hybridized carbons (Fsp3) is 0.114. The molecule has 0 spiro atoms. The Balaban J connectivity index is 1.54. The van der Waals surface area contributed by atoms with Crippen LogP contribution in [0.25, 0.3) is 0 Å². The summed E-state index contributed by atoms with van der Waals surface area (Å²) in [5.41, 5.74) is 5.04. The van der Waals surface area contributed by atoms with Crippen molar-refractivity contribution < 1.29 is 18.1 Å². The van der Waals surface area contributed by atoms with Crippen molar-refractivity contribution in [3.8, 4) is 0 Å². The largest absolute Gasteiger partial charge is 0.342 e. The Bertz CT molecular complexity index is 2000. The summed E-state index contributed by atoms with van der Waals surface area (Å²) < 4.78 is 29.6. The van der Waals surface area contributed by atoms with Crippen molar-refractivity contribution in [2.75, 3.05) is 14.5 Å². The van der Waals surface area contributed by atoms with Crippen LogP contribution >= 0.6 is 0 Å². The minimum absolute atomic E-state index is 0.0625. The number of carbonyl (C=O) groups excluding carboxylic acids is 1. The van der Waals surface area contributed by atoms with Crippen LogP contribution in [0.5, 0.6) is 0 Å². The molecule has 0 fully saturated rings. The molecule has 0 radical (unpaired) electrons. The number of nitrogens with one attached hydrogen (secondary N) is 1. The molecule has 6 rings (SSSR count). The summed E-state index contributed by atoms with van der Waals surface area (Å²) in [5, 5.41) is 11.8. The first kappa shape index (κ1) is 29.6. The predicted molar refractivity (Wildman–Crippen MR) is 175 cm³/mol. The first-order valence-electron chi connectivity index (χ1n) is 14.3. The fourth-order valence-electron chi connectivity index (χ4n) is 5.50. The Hall–Kier alpha value is -5.48. The van der Waals surface area contributed by atoms with E-state index in [-0.39, 0.29) is 16.1 Å². The second-order valence-electron chi connectivity index (χ2n) is 11.0. The summed E-state index contributed by atoms with van der Waals surface area (Å²) in [7, 11) is -4.04. The molecule has 5 aromatic rings. The average Bonchev–Trinajstić information content (AvgIpc) is 3.04. The number of amides is 1. The van der Waals surface area contributed by atoms with Crippen molar-refractivity contribution in [2.45, 2.75) is 31.5 Å². The van der Waals surface area contributed by atoms with Gasteiger partial charge in [0.1, 0.15) is 6.17 Å².